The zero-order valence-corrected chi connectivity index (χ0v) is 31.4. The van der Waals surface area contributed by atoms with E-state index in [4.69, 9.17) is 4.74 Å². The van der Waals surface area contributed by atoms with Crippen LogP contribution in [0.25, 0.3) is 0 Å². The molecule has 1 heterocycles. The first-order valence-electron chi connectivity index (χ1n) is 18.2. The zero-order chi connectivity index (χ0) is 39.9. The summed E-state index contributed by atoms with van der Waals surface area (Å²) >= 11 is 0. The van der Waals surface area contributed by atoms with Gasteiger partial charge in [0.1, 0.15) is 57.7 Å². The maximum absolute atomic E-state index is 15.1. The quantitative estimate of drug-likeness (QED) is 0.0643. The van der Waals surface area contributed by atoms with Crippen molar-refractivity contribution in [3.8, 4) is 46.0 Å². The van der Waals surface area contributed by atoms with E-state index < -0.39 is 46.9 Å². The molecular weight excluding hydrogens is 700 g/mol. The third-order valence-corrected chi connectivity index (χ3v) is 10.6. The van der Waals surface area contributed by atoms with Gasteiger partial charge in [-0.25, -0.2) is 0 Å². The van der Waals surface area contributed by atoms with E-state index >= 15 is 4.79 Å². The maximum Gasteiger partial charge on any atom is 0.174 e. The van der Waals surface area contributed by atoms with Crippen LogP contribution in [0.5, 0.6) is 46.0 Å². The number of ketones is 2. The molecule has 10 heteroatoms. The van der Waals surface area contributed by atoms with Gasteiger partial charge >= 0.3 is 0 Å². The largest absolute Gasteiger partial charge is 0.508 e. The Labute approximate surface area is 319 Å². The first-order valence-corrected chi connectivity index (χ1v) is 18.2. The number of aryl methyl sites for hydroxylation is 1. The summed E-state index contributed by atoms with van der Waals surface area (Å²) in [6.45, 7) is 9.51. The number of ether oxygens (including phenoxy) is 1. The summed E-state index contributed by atoms with van der Waals surface area (Å²) in [6.07, 6.45) is 5.49. The molecule has 0 saturated heterocycles. The van der Waals surface area contributed by atoms with Gasteiger partial charge in [0.15, 0.2) is 11.6 Å². The van der Waals surface area contributed by atoms with Crippen molar-refractivity contribution in [2.45, 2.75) is 78.2 Å². The van der Waals surface area contributed by atoms with E-state index in [0.717, 1.165) is 28.3 Å². The van der Waals surface area contributed by atoms with Gasteiger partial charge in [0.05, 0.1) is 12.0 Å². The average Bonchev–Trinajstić information content (AvgIpc) is 3.09. The number of allylic oxidation sites excluding steroid dienone is 6. The Balaban J connectivity index is 1.56. The molecule has 4 unspecified atom stereocenters. The van der Waals surface area contributed by atoms with Crippen LogP contribution in [0.4, 0.5) is 0 Å². The summed E-state index contributed by atoms with van der Waals surface area (Å²) in [7, 11) is 0. The third-order valence-electron chi connectivity index (χ3n) is 10.6. The van der Waals surface area contributed by atoms with Crippen molar-refractivity contribution in [1.29, 1.82) is 0 Å². The van der Waals surface area contributed by atoms with Gasteiger partial charge in [-0.15, -0.1) is 0 Å². The van der Waals surface area contributed by atoms with Gasteiger partial charge in [0.2, 0.25) is 0 Å². The fraction of sp³-hybridized carbons (Fsp3) is 0.289. The molecule has 1 aliphatic carbocycles. The number of phenols is 7. The van der Waals surface area contributed by atoms with Crippen LogP contribution >= 0.6 is 0 Å². The van der Waals surface area contributed by atoms with Crippen LogP contribution in [0.1, 0.15) is 113 Å². The highest BCUT2D eigenvalue weighted by Gasteiger charge is 2.45. The molecule has 0 saturated carbocycles. The van der Waals surface area contributed by atoms with E-state index in [2.05, 4.69) is 0 Å². The molecule has 10 nitrogen and oxygen atoms in total. The molecule has 4 aromatic rings. The summed E-state index contributed by atoms with van der Waals surface area (Å²) in [5, 5.41) is 76.8. The first kappa shape index (κ1) is 38.6. The summed E-state index contributed by atoms with van der Waals surface area (Å²) in [4.78, 5) is 29.0. The van der Waals surface area contributed by atoms with Crippen LogP contribution < -0.4 is 4.74 Å². The Morgan fingerprint density at radius 3 is 2.05 bits per heavy atom. The molecule has 286 valence electrons. The molecule has 0 amide bonds. The summed E-state index contributed by atoms with van der Waals surface area (Å²) in [5.41, 5.74) is 4.43. The predicted octanol–water partition coefficient (Wildman–Crippen LogP) is 9.20. The minimum atomic E-state index is -1.07. The van der Waals surface area contributed by atoms with Gasteiger partial charge in [0, 0.05) is 40.7 Å². The molecule has 0 spiro atoms. The normalized spacial score (nSPS) is 19.1. The van der Waals surface area contributed by atoms with Crippen molar-refractivity contribution in [2.24, 2.45) is 5.92 Å². The molecular formula is C45H46O10. The molecule has 55 heavy (non-hydrogen) atoms. The molecule has 0 radical (unpaired) electrons. The molecule has 7 N–H and O–H groups in total. The van der Waals surface area contributed by atoms with Gasteiger partial charge in [-0.05, 0) is 107 Å². The van der Waals surface area contributed by atoms with Crippen molar-refractivity contribution in [1.82, 2.24) is 0 Å². The summed E-state index contributed by atoms with van der Waals surface area (Å²) < 4.78 is 6.08. The highest BCUT2D eigenvalue weighted by atomic mass is 16.5. The molecule has 4 atom stereocenters. The minimum absolute atomic E-state index is 0.0410. The first-order chi connectivity index (χ1) is 26.0. The van der Waals surface area contributed by atoms with Crippen LogP contribution in [0.2, 0.25) is 0 Å². The Kier molecular flexibility index (Phi) is 10.7. The highest BCUT2D eigenvalue weighted by Crippen LogP contribution is 2.55. The van der Waals surface area contributed by atoms with Crippen molar-refractivity contribution >= 4 is 11.6 Å². The lowest BCUT2D eigenvalue weighted by molar-refractivity contribution is 0.0841. The average molecular weight is 747 g/mol. The number of benzene rings is 4. The number of aromatic hydroxyl groups is 7. The van der Waals surface area contributed by atoms with Crippen molar-refractivity contribution in [3.05, 3.63) is 128 Å². The van der Waals surface area contributed by atoms with Gasteiger partial charge in [-0.3, -0.25) is 9.59 Å². The number of carbonyl (C=O) groups is 2. The molecule has 0 bridgehead atoms. The van der Waals surface area contributed by atoms with Crippen LogP contribution in [0.3, 0.4) is 0 Å². The fourth-order valence-electron chi connectivity index (χ4n) is 7.85. The Morgan fingerprint density at radius 2 is 1.40 bits per heavy atom. The zero-order valence-electron chi connectivity index (χ0n) is 31.4. The maximum atomic E-state index is 15.1. The number of carbonyl (C=O) groups excluding carboxylic acids is 2. The van der Waals surface area contributed by atoms with Crippen LogP contribution in [-0.4, -0.2) is 47.3 Å². The number of hydrogen-bond acceptors (Lipinski definition) is 10. The van der Waals surface area contributed by atoms with E-state index in [1.807, 2.05) is 52.8 Å². The van der Waals surface area contributed by atoms with Gasteiger partial charge in [0.25, 0.3) is 0 Å². The number of hydrogen-bond donors (Lipinski definition) is 7. The second-order valence-electron chi connectivity index (χ2n) is 15.0. The Morgan fingerprint density at radius 1 is 0.745 bits per heavy atom. The lowest BCUT2D eigenvalue weighted by Gasteiger charge is -2.39. The standard InChI is InChI=1S/C45H46O10/c1-22(2)6-8-25-17-32(28-12-9-26(46)16-24(28)5)40(44(53)31-14-15-34(48)30(43(31)52)11-7-23(3)4)33(18-25)41-36(50)21-39-42(45(41)54)37(51)20-38(55-39)29-13-10-27(47)19-35(29)49/h6-7,9-10,12-16,18-19,21,32-33,38,40,46-50,52,54H,8,11,17,20H2,1-5H3. The number of phenolic OH excluding ortho intramolecular Hbond substituents is 7. The molecule has 0 aromatic heterocycles. The highest BCUT2D eigenvalue weighted by molar-refractivity contribution is 6.05. The molecule has 4 aromatic carbocycles. The van der Waals surface area contributed by atoms with Crippen LogP contribution in [0, 0.1) is 12.8 Å². The van der Waals surface area contributed by atoms with Gasteiger partial charge < -0.3 is 40.5 Å². The second kappa shape index (κ2) is 15.3. The Hall–Kier alpha value is -6.16. The van der Waals surface area contributed by atoms with Crippen molar-refractivity contribution in [2.75, 3.05) is 0 Å². The van der Waals surface area contributed by atoms with E-state index in [-0.39, 0.29) is 75.2 Å². The lowest BCUT2D eigenvalue weighted by Crippen LogP contribution is -2.32. The predicted molar refractivity (Wildman–Crippen MR) is 208 cm³/mol. The number of fused-ring (bicyclic) bond motifs is 1. The van der Waals surface area contributed by atoms with Crippen LogP contribution in [0.15, 0.2) is 89.5 Å². The smallest absolute Gasteiger partial charge is 0.174 e. The van der Waals surface area contributed by atoms with Crippen LogP contribution in [-0.2, 0) is 6.42 Å². The Bertz CT molecular complexity index is 2290. The van der Waals surface area contributed by atoms with Crippen molar-refractivity contribution < 1.29 is 50.1 Å². The molecule has 2 aliphatic rings. The molecule has 6 rings (SSSR count). The number of Topliss-reactive ketones (excluding diaryl/α,β-unsaturated/α-hetero) is 2. The van der Waals surface area contributed by atoms with E-state index in [1.165, 1.54) is 36.4 Å². The summed E-state index contributed by atoms with van der Waals surface area (Å²) in [5.74, 6) is -5.85. The topological polar surface area (TPSA) is 185 Å². The lowest BCUT2D eigenvalue weighted by atomic mass is 9.64. The van der Waals surface area contributed by atoms with Gasteiger partial charge in [-0.1, -0.05) is 41.0 Å². The number of rotatable bonds is 9. The fourth-order valence-corrected chi connectivity index (χ4v) is 7.85. The van der Waals surface area contributed by atoms with Crippen molar-refractivity contribution in [3.63, 3.8) is 0 Å². The summed E-state index contributed by atoms with van der Waals surface area (Å²) in [6, 6.07) is 12.7. The third kappa shape index (κ3) is 7.62. The van der Waals surface area contributed by atoms with E-state index in [1.54, 1.807) is 12.1 Å². The van der Waals surface area contributed by atoms with E-state index in [0.29, 0.717) is 18.4 Å². The van der Waals surface area contributed by atoms with Gasteiger partial charge in [-0.2, -0.15) is 0 Å². The SMILES string of the molecule is CC(C)=CCC1=CC(c2c(O)cc3c(c2O)C(=O)CC(c2ccc(O)cc2O)O3)C(C(=O)c2ccc(O)c(CC=C(C)C)c2O)C(c2ccc(O)cc2C)C1. The molecule has 0 fully saturated rings. The minimum Gasteiger partial charge on any atom is -0.508 e. The monoisotopic (exact) mass is 746 g/mol. The molecule has 1 aliphatic heterocycles. The van der Waals surface area contributed by atoms with E-state index in [9.17, 15) is 40.5 Å². The second-order valence-corrected chi connectivity index (χ2v) is 15.0.